The van der Waals surface area contributed by atoms with E-state index >= 15 is 0 Å². The number of fused-ring (bicyclic) bond motifs is 6. The SMILES string of the molecule is C=C[C@@H]1C[C@@]12NC(=O)[C@@H]1C[C@@H](OC(=O)N3Cc4cccc(F)c4C3)CN1C(=O)[C@@H](N)CCCCCCCNc1ccc(F)cc1S(=O)(=O)NC2=O.C=C[C@@H]1C[C@@]12NC(=O)[C@@H]1C[C@@H](OC(=O)N3Cc4cccc(F)c4C3)CN1C(=O)[C@@H](NS(=O)(=O)c1ccccc1[N+](=O)[O-])CCCCCCCNc1ccc(F)cc1S(=O)(=O)NC2=O. The first kappa shape index (κ1) is 82.9. The van der Waals surface area contributed by atoms with Gasteiger partial charge in [-0.25, -0.2) is 61.8 Å². The normalized spacial score (nSPS) is 26.7. The van der Waals surface area contributed by atoms with Crippen molar-refractivity contribution in [1.29, 1.82) is 0 Å². The maximum absolute atomic E-state index is 14.7. The first-order valence-corrected chi connectivity index (χ1v) is 41.9. The molecular formula is C76H87F4N13O18S3. The van der Waals surface area contributed by atoms with Crippen molar-refractivity contribution in [3.05, 3.63) is 178 Å². The summed E-state index contributed by atoms with van der Waals surface area (Å²) in [6.45, 7) is 7.48. The van der Waals surface area contributed by atoms with E-state index in [4.69, 9.17) is 15.2 Å². The van der Waals surface area contributed by atoms with E-state index in [2.05, 4.69) is 39.1 Å². The van der Waals surface area contributed by atoms with Gasteiger partial charge in [-0.2, -0.15) is 4.72 Å². The van der Waals surface area contributed by atoms with Crippen LogP contribution in [0.5, 0.6) is 0 Å². The molecule has 6 aliphatic heterocycles. The van der Waals surface area contributed by atoms with Crippen LogP contribution in [0.2, 0.25) is 0 Å². The Morgan fingerprint density at radius 1 is 0.588 bits per heavy atom. The molecule has 2 aliphatic carbocycles. The lowest BCUT2D eigenvalue weighted by Gasteiger charge is -2.30. The number of benzene rings is 5. The number of hydrogen-bond acceptors (Lipinski definition) is 21. The Balaban J connectivity index is 0.000000216. The standard InChI is InChI=1S/C41H45F2N7O11S2.C35H42F2N6O7S/c1-2-26-21-41(26)39(53)47-63(59,60)36-19-27(42)16-17-31(36)44-18-9-5-3-4-6-13-32(46-62(57,58)35-15-8-7-14-33(35)50(55)56)38(52)49-23-28(20-34(49)37(51)45-41)61-40(54)48-22-25-11-10-12-30(43)29(25)24-48;1-2-22-17-35(22)33(46)41-51(48,49)30-15-23(36)12-13-28(30)39-14-7-5-3-4-6-11-27(38)32(45)43-19-24(16-29(43)31(44)40-35)50-34(47)42-18-21-9-8-10-26(37)25(21)20-42/h2,7-8,10-12,14-17,19,26,28,32,34,44,46H,1,3-6,9,13,18,20-24H2,(H,45,51)(H,47,53);2,8-10,12-13,15,22,24,27,29,39H,1,3-7,11,14,16-20,38H2,(H,40,44)(H,41,46)/t26-,28-,32+,34+,41-;22-,24-,27+,29+,35-/m11/s1. The third kappa shape index (κ3) is 18.1. The lowest BCUT2D eigenvalue weighted by Crippen LogP contribution is -2.58. The third-order valence-corrected chi connectivity index (χ3v) is 26.1. The highest BCUT2D eigenvalue weighted by molar-refractivity contribution is 7.90. The molecule has 2 saturated carbocycles. The molecule has 8 aliphatic rings. The van der Waals surface area contributed by atoms with Crippen LogP contribution in [0.25, 0.3) is 0 Å². The second-order valence-corrected chi connectivity index (χ2v) is 34.6. The molecule has 2 spiro atoms. The van der Waals surface area contributed by atoms with E-state index in [0.717, 1.165) is 60.6 Å². The molecule has 13 rings (SSSR count). The van der Waals surface area contributed by atoms with Gasteiger partial charge in [0.25, 0.3) is 37.5 Å². The minimum Gasteiger partial charge on any atom is -0.444 e. The maximum Gasteiger partial charge on any atom is 0.410 e. The van der Waals surface area contributed by atoms with E-state index in [-0.39, 0.29) is 89.2 Å². The number of anilines is 2. The van der Waals surface area contributed by atoms with Crippen LogP contribution in [-0.2, 0) is 94.5 Å². The molecule has 10 atom stereocenters. The summed E-state index contributed by atoms with van der Waals surface area (Å²) in [7, 11) is -14.2. The molecule has 31 nitrogen and oxygen atoms in total. The zero-order chi connectivity index (χ0) is 81.8. The van der Waals surface area contributed by atoms with Crippen LogP contribution in [-0.4, -0.2) is 171 Å². The van der Waals surface area contributed by atoms with Crippen molar-refractivity contribution in [3.63, 3.8) is 0 Å². The minimum atomic E-state index is -4.77. The summed E-state index contributed by atoms with van der Waals surface area (Å²) in [5, 5.41) is 23.1. The fourth-order valence-corrected chi connectivity index (χ4v) is 19.3. The van der Waals surface area contributed by atoms with Gasteiger partial charge in [-0.05, 0) is 104 Å². The number of carbonyl (C=O) groups is 8. The fourth-order valence-electron chi connectivity index (χ4n) is 15.5. The average Bonchev–Trinajstić information content (AvgIpc) is 1.58. The highest BCUT2D eigenvalue weighted by Gasteiger charge is 2.63. The molecule has 4 fully saturated rings. The van der Waals surface area contributed by atoms with Gasteiger partial charge in [0, 0.05) is 68.0 Å². The second kappa shape index (κ2) is 34.2. The molecule has 38 heteroatoms. The number of nitrogens with one attached hydrogen (secondary N) is 7. The Labute approximate surface area is 654 Å². The summed E-state index contributed by atoms with van der Waals surface area (Å²) in [4.78, 5) is 125. The van der Waals surface area contributed by atoms with Gasteiger partial charge in [0.05, 0.1) is 48.5 Å². The van der Waals surface area contributed by atoms with Crippen molar-refractivity contribution >= 4 is 94.8 Å². The highest BCUT2D eigenvalue weighted by atomic mass is 32.2. The van der Waals surface area contributed by atoms with Crippen LogP contribution >= 0.6 is 0 Å². The molecule has 114 heavy (non-hydrogen) atoms. The molecule has 9 N–H and O–H groups in total. The second-order valence-electron chi connectivity index (χ2n) is 29.6. The molecule has 5 aromatic rings. The van der Waals surface area contributed by atoms with E-state index in [1.54, 1.807) is 18.2 Å². The number of nitrogens with zero attached hydrogens (tertiary/aromatic N) is 5. The van der Waals surface area contributed by atoms with E-state index in [9.17, 15) is 91.3 Å². The summed E-state index contributed by atoms with van der Waals surface area (Å²) < 4.78 is 158. The van der Waals surface area contributed by atoms with Gasteiger partial charge >= 0.3 is 12.2 Å². The quantitative estimate of drug-likeness (QED) is 0.0335. The van der Waals surface area contributed by atoms with Crippen LogP contribution in [0.3, 0.4) is 0 Å². The number of ether oxygens (including phenoxy) is 2. The Hall–Kier alpha value is -10.6. The molecule has 0 radical (unpaired) electrons. The summed E-state index contributed by atoms with van der Waals surface area (Å²) in [6, 6.07) is 14.5. The van der Waals surface area contributed by atoms with Gasteiger partial charge < -0.3 is 46.3 Å². The minimum absolute atomic E-state index is 0.00164. The summed E-state index contributed by atoms with van der Waals surface area (Å²) in [5.74, 6) is -9.58. The monoisotopic (exact) mass is 1640 g/mol. The smallest absolute Gasteiger partial charge is 0.410 e. The number of sulfonamides is 3. The molecule has 0 bridgehead atoms. The predicted molar refractivity (Wildman–Crippen MR) is 401 cm³/mol. The lowest BCUT2D eigenvalue weighted by atomic mass is 10.0. The van der Waals surface area contributed by atoms with Crippen molar-refractivity contribution in [3.8, 4) is 0 Å². The number of carbonyl (C=O) groups excluding carboxylic acids is 8. The van der Waals surface area contributed by atoms with Crippen molar-refractivity contribution in [2.75, 3.05) is 36.8 Å². The van der Waals surface area contributed by atoms with Crippen LogP contribution < -0.4 is 41.2 Å². The van der Waals surface area contributed by atoms with Gasteiger partial charge in [0.15, 0.2) is 4.90 Å². The average molecular weight is 1640 g/mol. The Morgan fingerprint density at radius 3 is 1.47 bits per heavy atom. The van der Waals surface area contributed by atoms with E-state index < -0.39 is 192 Å². The van der Waals surface area contributed by atoms with Gasteiger partial charge in [0.1, 0.15) is 74.5 Å². The summed E-state index contributed by atoms with van der Waals surface area (Å²) >= 11 is 0. The number of halogens is 4. The highest BCUT2D eigenvalue weighted by Crippen LogP contribution is 2.47. The van der Waals surface area contributed by atoms with Gasteiger partial charge in [-0.1, -0.05) is 99.9 Å². The molecule has 610 valence electrons. The first-order valence-electron chi connectivity index (χ1n) is 37.4. The van der Waals surface area contributed by atoms with Gasteiger partial charge in [-0.3, -0.25) is 48.7 Å². The Morgan fingerprint density at radius 2 is 1.03 bits per heavy atom. The predicted octanol–water partition coefficient (Wildman–Crippen LogP) is 7.02. The van der Waals surface area contributed by atoms with Crippen LogP contribution in [0, 0.1) is 45.2 Å². The fraction of sp³-hybridized carbons (Fsp3) is 0.447. The number of amides is 8. The largest absolute Gasteiger partial charge is 0.444 e. The molecule has 6 heterocycles. The van der Waals surface area contributed by atoms with E-state index in [1.807, 2.05) is 9.44 Å². The van der Waals surface area contributed by atoms with E-state index in [0.29, 0.717) is 73.7 Å². The lowest BCUT2D eigenvalue weighted by molar-refractivity contribution is -0.387. The maximum atomic E-state index is 14.7. The number of rotatable bonds is 8. The molecule has 0 unspecified atom stereocenters. The Kier molecular flexibility index (Phi) is 24.9. The topological polar surface area (TPSA) is 424 Å². The molecule has 0 aromatic heterocycles. The number of hydrogen-bond donors (Lipinski definition) is 8. The van der Waals surface area contributed by atoms with Crippen molar-refractivity contribution < 1.29 is 95.6 Å². The van der Waals surface area contributed by atoms with Crippen molar-refractivity contribution in [2.24, 2.45) is 17.6 Å². The van der Waals surface area contributed by atoms with Gasteiger partial charge in [-0.15, -0.1) is 13.2 Å². The zero-order valence-electron chi connectivity index (χ0n) is 61.8. The van der Waals surface area contributed by atoms with Crippen molar-refractivity contribution in [1.82, 2.24) is 44.4 Å². The van der Waals surface area contributed by atoms with Crippen molar-refractivity contribution in [2.45, 2.75) is 191 Å². The summed E-state index contributed by atoms with van der Waals surface area (Å²) in [5.41, 5.74) is 3.98. The summed E-state index contributed by atoms with van der Waals surface area (Å²) in [6.07, 6.45) is 4.74. The first-order chi connectivity index (χ1) is 54.3. The molecular weight excluding hydrogens is 1560 g/mol. The third-order valence-electron chi connectivity index (χ3n) is 21.9. The zero-order valence-corrected chi connectivity index (χ0v) is 64.2. The number of nitro benzene ring substituents is 1. The molecule has 8 amide bonds. The van der Waals surface area contributed by atoms with Crippen LogP contribution in [0.15, 0.2) is 137 Å². The Bertz CT molecular complexity index is 5030. The molecule has 5 aromatic carbocycles. The van der Waals surface area contributed by atoms with Crippen LogP contribution in [0.4, 0.5) is 44.2 Å². The number of nitrogens with two attached hydrogens (primary N) is 1. The van der Waals surface area contributed by atoms with Gasteiger partial charge in [0.2, 0.25) is 33.7 Å². The van der Waals surface area contributed by atoms with E-state index in [1.165, 1.54) is 69.3 Å². The van der Waals surface area contributed by atoms with Crippen LogP contribution in [0.1, 0.15) is 125 Å². The number of nitro groups is 1. The number of para-hydroxylation sites is 1. The molecule has 2 saturated heterocycles.